The van der Waals surface area contributed by atoms with Crippen LogP contribution >= 0.6 is 0 Å². The van der Waals surface area contributed by atoms with E-state index in [4.69, 9.17) is 4.74 Å². The summed E-state index contributed by atoms with van der Waals surface area (Å²) < 4.78 is 6.08. The van der Waals surface area contributed by atoms with Crippen LogP contribution in [0.2, 0.25) is 0 Å². The first-order chi connectivity index (χ1) is 7.33. The minimum Gasteiger partial charge on any atom is -0.375 e. The second-order valence-electron chi connectivity index (χ2n) is 5.82. The fourth-order valence-electron chi connectivity index (χ4n) is 4.02. The topological polar surface area (TPSA) is 9.23 Å². The first-order valence-corrected chi connectivity index (χ1v) is 6.64. The Morgan fingerprint density at radius 3 is 2.53 bits per heavy atom. The summed E-state index contributed by atoms with van der Waals surface area (Å²) in [6.07, 6.45) is 17.1. The fraction of sp³-hybridized carbons (Fsp3) is 0.857. The molecule has 15 heavy (non-hydrogen) atoms. The molecule has 1 heterocycles. The van der Waals surface area contributed by atoms with Crippen molar-refractivity contribution in [2.75, 3.05) is 6.61 Å². The van der Waals surface area contributed by atoms with Gasteiger partial charge in [-0.3, -0.25) is 0 Å². The van der Waals surface area contributed by atoms with E-state index in [1.165, 1.54) is 57.8 Å². The lowest BCUT2D eigenvalue weighted by atomic mass is 9.63. The Labute approximate surface area is 92.9 Å². The molecule has 2 atom stereocenters. The molecule has 0 aromatic heterocycles. The Morgan fingerprint density at radius 2 is 1.80 bits per heavy atom. The van der Waals surface area contributed by atoms with Crippen molar-refractivity contribution in [3.8, 4) is 0 Å². The first kappa shape index (κ1) is 9.89. The predicted molar refractivity (Wildman–Crippen MR) is 61.8 cm³/mol. The molecule has 1 saturated heterocycles. The molecular formula is C14H22O. The van der Waals surface area contributed by atoms with Crippen LogP contribution in [0.4, 0.5) is 0 Å². The largest absolute Gasteiger partial charge is 0.375 e. The van der Waals surface area contributed by atoms with Crippen molar-refractivity contribution in [2.45, 2.75) is 63.4 Å². The molecule has 84 valence electrons. The summed E-state index contributed by atoms with van der Waals surface area (Å²) >= 11 is 0. The summed E-state index contributed by atoms with van der Waals surface area (Å²) in [4.78, 5) is 0. The van der Waals surface area contributed by atoms with Gasteiger partial charge in [0.25, 0.3) is 0 Å². The molecular weight excluding hydrogens is 184 g/mol. The minimum absolute atomic E-state index is 0.292. The normalized spacial score (nSPS) is 45.3. The lowest BCUT2D eigenvalue weighted by Crippen LogP contribution is -2.40. The highest BCUT2D eigenvalue weighted by molar-refractivity contribution is 5.09. The van der Waals surface area contributed by atoms with Crippen molar-refractivity contribution >= 4 is 0 Å². The molecule has 3 aliphatic rings. The minimum atomic E-state index is 0.292. The molecule has 2 spiro atoms. The Bertz CT molecular complexity index is 263. The lowest BCUT2D eigenvalue weighted by molar-refractivity contribution is -0.0589. The van der Waals surface area contributed by atoms with Crippen LogP contribution < -0.4 is 0 Å². The van der Waals surface area contributed by atoms with Crippen LogP contribution in [0.3, 0.4) is 0 Å². The third-order valence-electron chi connectivity index (χ3n) is 4.68. The number of hydrogen-bond acceptors (Lipinski definition) is 1. The molecule has 2 fully saturated rings. The Kier molecular flexibility index (Phi) is 2.39. The smallest absolute Gasteiger partial charge is 0.0691 e. The maximum absolute atomic E-state index is 6.08. The van der Waals surface area contributed by atoms with E-state index in [2.05, 4.69) is 12.2 Å². The highest BCUT2D eigenvalue weighted by atomic mass is 16.5. The molecule has 1 aliphatic heterocycles. The zero-order chi connectivity index (χ0) is 10.2. The molecule has 1 saturated carbocycles. The van der Waals surface area contributed by atoms with Gasteiger partial charge in [-0.05, 0) is 63.2 Å². The Morgan fingerprint density at radius 1 is 0.933 bits per heavy atom. The number of hydrogen-bond donors (Lipinski definition) is 0. The van der Waals surface area contributed by atoms with E-state index >= 15 is 0 Å². The average Bonchev–Trinajstić information content (AvgIpc) is 2.67. The fourth-order valence-corrected chi connectivity index (χ4v) is 4.02. The monoisotopic (exact) mass is 206 g/mol. The molecule has 0 aromatic carbocycles. The number of ether oxygens (including phenoxy) is 1. The van der Waals surface area contributed by atoms with Crippen molar-refractivity contribution < 1.29 is 4.74 Å². The maximum atomic E-state index is 6.08. The van der Waals surface area contributed by atoms with Crippen LogP contribution in [0.1, 0.15) is 57.8 Å². The maximum Gasteiger partial charge on any atom is 0.0691 e. The van der Waals surface area contributed by atoms with E-state index in [0.29, 0.717) is 11.0 Å². The van der Waals surface area contributed by atoms with E-state index in [9.17, 15) is 0 Å². The summed E-state index contributed by atoms with van der Waals surface area (Å²) in [5.41, 5.74) is 0.820. The van der Waals surface area contributed by atoms with Gasteiger partial charge in [0.1, 0.15) is 0 Å². The second kappa shape index (κ2) is 3.62. The molecule has 0 aromatic rings. The summed E-state index contributed by atoms with van der Waals surface area (Å²) in [6.45, 7) is 1.01. The molecule has 0 bridgehead atoms. The van der Waals surface area contributed by atoms with Crippen molar-refractivity contribution in [2.24, 2.45) is 5.41 Å². The standard InChI is InChI=1S/C14H22O/c1-2-6-13(7-3-1)8-4-9-14(12-13)10-5-11-15-14/h2,6H,1,3-5,7-12H2. The highest BCUT2D eigenvalue weighted by Crippen LogP contribution is 2.51. The van der Waals surface area contributed by atoms with Gasteiger partial charge in [-0.1, -0.05) is 12.2 Å². The molecule has 1 nitrogen and oxygen atoms in total. The summed E-state index contributed by atoms with van der Waals surface area (Å²) in [6, 6.07) is 0. The molecule has 2 unspecified atom stereocenters. The predicted octanol–water partition coefficient (Wildman–Crippen LogP) is 3.84. The van der Waals surface area contributed by atoms with Gasteiger partial charge in [-0.2, -0.15) is 0 Å². The molecule has 3 rings (SSSR count). The molecule has 1 heteroatoms. The molecule has 0 radical (unpaired) electrons. The van der Waals surface area contributed by atoms with Crippen LogP contribution in [0.25, 0.3) is 0 Å². The van der Waals surface area contributed by atoms with Gasteiger partial charge in [-0.15, -0.1) is 0 Å². The van der Waals surface area contributed by atoms with Crippen LogP contribution in [-0.4, -0.2) is 12.2 Å². The molecule has 2 aliphatic carbocycles. The number of rotatable bonds is 0. The van der Waals surface area contributed by atoms with Gasteiger partial charge in [0.05, 0.1) is 5.60 Å². The molecule has 0 N–H and O–H groups in total. The molecule has 0 amide bonds. The zero-order valence-electron chi connectivity index (χ0n) is 9.63. The van der Waals surface area contributed by atoms with E-state index in [-0.39, 0.29) is 0 Å². The van der Waals surface area contributed by atoms with Gasteiger partial charge in [0.15, 0.2) is 0 Å². The van der Waals surface area contributed by atoms with Crippen LogP contribution in [0.5, 0.6) is 0 Å². The van der Waals surface area contributed by atoms with Crippen molar-refractivity contribution in [3.63, 3.8) is 0 Å². The van der Waals surface area contributed by atoms with Crippen LogP contribution in [0, 0.1) is 5.41 Å². The van der Waals surface area contributed by atoms with Crippen molar-refractivity contribution in [1.29, 1.82) is 0 Å². The van der Waals surface area contributed by atoms with Gasteiger partial charge in [0, 0.05) is 6.61 Å². The van der Waals surface area contributed by atoms with Gasteiger partial charge in [0.2, 0.25) is 0 Å². The number of allylic oxidation sites excluding steroid dienone is 2. The van der Waals surface area contributed by atoms with Gasteiger partial charge >= 0.3 is 0 Å². The lowest BCUT2D eigenvalue weighted by Gasteiger charge is -2.45. The summed E-state index contributed by atoms with van der Waals surface area (Å²) in [5, 5.41) is 0. The second-order valence-corrected chi connectivity index (χ2v) is 5.82. The van der Waals surface area contributed by atoms with E-state index in [1.54, 1.807) is 0 Å². The summed E-state index contributed by atoms with van der Waals surface area (Å²) in [5.74, 6) is 0. The van der Waals surface area contributed by atoms with E-state index in [1.807, 2.05) is 0 Å². The highest BCUT2D eigenvalue weighted by Gasteiger charge is 2.45. The third-order valence-corrected chi connectivity index (χ3v) is 4.68. The Balaban J connectivity index is 1.80. The van der Waals surface area contributed by atoms with E-state index in [0.717, 1.165) is 6.61 Å². The van der Waals surface area contributed by atoms with Gasteiger partial charge < -0.3 is 4.74 Å². The van der Waals surface area contributed by atoms with Crippen molar-refractivity contribution in [3.05, 3.63) is 12.2 Å². The first-order valence-electron chi connectivity index (χ1n) is 6.64. The summed E-state index contributed by atoms with van der Waals surface area (Å²) in [7, 11) is 0. The third kappa shape index (κ3) is 1.75. The zero-order valence-corrected chi connectivity index (χ0v) is 9.63. The van der Waals surface area contributed by atoms with Gasteiger partial charge in [-0.25, -0.2) is 0 Å². The Hall–Kier alpha value is -0.300. The van der Waals surface area contributed by atoms with Crippen LogP contribution in [0.15, 0.2) is 12.2 Å². The average molecular weight is 206 g/mol. The SMILES string of the molecule is C1=CC2(CCC1)CCCC1(CCCO1)C2. The van der Waals surface area contributed by atoms with E-state index < -0.39 is 0 Å². The van der Waals surface area contributed by atoms with Crippen molar-refractivity contribution in [1.82, 2.24) is 0 Å². The quantitative estimate of drug-likeness (QED) is 0.547. The van der Waals surface area contributed by atoms with Crippen LogP contribution in [-0.2, 0) is 4.74 Å².